The van der Waals surface area contributed by atoms with Crippen LogP contribution in [-0.2, 0) is 23.7 Å². The van der Waals surface area contributed by atoms with Gasteiger partial charge in [0.2, 0.25) is 0 Å². The Morgan fingerprint density at radius 2 is 1.23 bits per heavy atom. The molecule has 5 nitrogen and oxygen atoms in total. The standard InChI is InChI=1S/C21H40O5/c1-6-9-12-22-16-15-17(23-13-10-7-2)19-20(26-21(4,5)25-19)18(16)24-14-11-8-3/h16-20H,6-15H2,1-5H3/t16?,17?,18?,19-,20?/m1/s1. The van der Waals surface area contributed by atoms with E-state index in [1.807, 2.05) is 13.8 Å². The lowest BCUT2D eigenvalue weighted by Crippen LogP contribution is -2.57. The molecule has 4 unspecified atom stereocenters. The summed E-state index contributed by atoms with van der Waals surface area (Å²) in [5.41, 5.74) is 0. The Hall–Kier alpha value is -0.200. The number of ether oxygens (including phenoxy) is 5. The van der Waals surface area contributed by atoms with Crippen LogP contribution in [-0.4, -0.2) is 56.1 Å². The molecule has 26 heavy (non-hydrogen) atoms. The van der Waals surface area contributed by atoms with E-state index in [0.717, 1.165) is 64.8 Å². The number of fused-ring (bicyclic) bond motifs is 1. The molecular weight excluding hydrogens is 332 g/mol. The van der Waals surface area contributed by atoms with E-state index in [0.29, 0.717) is 0 Å². The third kappa shape index (κ3) is 6.16. The first-order valence-corrected chi connectivity index (χ1v) is 10.7. The normalized spacial score (nSPS) is 33.3. The Kier molecular flexibility index (Phi) is 9.31. The molecule has 1 saturated carbocycles. The minimum absolute atomic E-state index is 0.00350. The van der Waals surface area contributed by atoms with Gasteiger partial charge in [-0.25, -0.2) is 0 Å². The van der Waals surface area contributed by atoms with Crippen LogP contribution in [0, 0.1) is 0 Å². The second-order valence-corrected chi connectivity index (χ2v) is 8.02. The highest BCUT2D eigenvalue weighted by Gasteiger charge is 2.55. The Morgan fingerprint density at radius 3 is 1.81 bits per heavy atom. The van der Waals surface area contributed by atoms with Crippen LogP contribution in [0.1, 0.15) is 79.6 Å². The van der Waals surface area contributed by atoms with Gasteiger partial charge in [-0.15, -0.1) is 0 Å². The van der Waals surface area contributed by atoms with E-state index < -0.39 is 5.79 Å². The van der Waals surface area contributed by atoms with Crippen LogP contribution >= 0.6 is 0 Å². The molecule has 2 aliphatic rings. The lowest BCUT2D eigenvalue weighted by molar-refractivity contribution is -0.186. The fourth-order valence-corrected chi connectivity index (χ4v) is 3.72. The number of rotatable bonds is 12. The minimum Gasteiger partial charge on any atom is -0.375 e. The van der Waals surface area contributed by atoms with Crippen molar-refractivity contribution in [3.05, 3.63) is 0 Å². The Labute approximate surface area is 160 Å². The molecule has 2 fully saturated rings. The van der Waals surface area contributed by atoms with Gasteiger partial charge in [-0.1, -0.05) is 40.0 Å². The molecular formula is C21H40O5. The van der Waals surface area contributed by atoms with Gasteiger partial charge in [0.15, 0.2) is 5.79 Å². The summed E-state index contributed by atoms with van der Waals surface area (Å²) in [6.45, 7) is 12.8. The van der Waals surface area contributed by atoms with E-state index in [2.05, 4.69) is 20.8 Å². The fraction of sp³-hybridized carbons (Fsp3) is 1.00. The topological polar surface area (TPSA) is 46.2 Å². The van der Waals surface area contributed by atoms with Crippen LogP contribution in [0.3, 0.4) is 0 Å². The molecule has 0 aromatic carbocycles. The van der Waals surface area contributed by atoms with Crippen LogP contribution in [0.25, 0.3) is 0 Å². The molecule has 2 rings (SSSR count). The van der Waals surface area contributed by atoms with Crippen molar-refractivity contribution in [2.24, 2.45) is 0 Å². The zero-order valence-electron chi connectivity index (χ0n) is 17.5. The van der Waals surface area contributed by atoms with Gasteiger partial charge in [0.05, 0.1) is 12.2 Å². The number of unbranched alkanes of at least 4 members (excludes halogenated alkanes) is 3. The average Bonchev–Trinajstić information content (AvgIpc) is 2.93. The van der Waals surface area contributed by atoms with Crippen LogP contribution in [0.4, 0.5) is 0 Å². The van der Waals surface area contributed by atoms with Gasteiger partial charge >= 0.3 is 0 Å². The molecule has 1 aliphatic heterocycles. The zero-order valence-corrected chi connectivity index (χ0v) is 17.5. The van der Waals surface area contributed by atoms with E-state index in [4.69, 9.17) is 23.7 Å². The zero-order chi connectivity index (χ0) is 19.0. The van der Waals surface area contributed by atoms with Crippen molar-refractivity contribution in [1.29, 1.82) is 0 Å². The van der Waals surface area contributed by atoms with Gasteiger partial charge in [0, 0.05) is 26.2 Å². The molecule has 0 radical (unpaired) electrons. The summed E-state index contributed by atoms with van der Waals surface area (Å²) in [6.07, 6.45) is 7.08. The number of hydrogen-bond donors (Lipinski definition) is 0. The minimum atomic E-state index is -0.605. The first kappa shape index (κ1) is 22.1. The van der Waals surface area contributed by atoms with Crippen molar-refractivity contribution in [3.63, 3.8) is 0 Å². The summed E-state index contributed by atoms with van der Waals surface area (Å²) in [6, 6.07) is 0. The van der Waals surface area contributed by atoms with Gasteiger partial charge in [0.25, 0.3) is 0 Å². The summed E-state index contributed by atoms with van der Waals surface area (Å²) in [5.74, 6) is -0.605. The highest BCUT2D eigenvalue weighted by atomic mass is 16.8. The van der Waals surface area contributed by atoms with Crippen molar-refractivity contribution in [1.82, 2.24) is 0 Å². The van der Waals surface area contributed by atoms with Crippen LogP contribution in [0.2, 0.25) is 0 Å². The maximum atomic E-state index is 6.26. The van der Waals surface area contributed by atoms with Gasteiger partial charge < -0.3 is 23.7 Å². The molecule has 5 atom stereocenters. The Balaban J connectivity index is 2.09. The van der Waals surface area contributed by atoms with Crippen LogP contribution < -0.4 is 0 Å². The Bertz CT molecular complexity index is 387. The van der Waals surface area contributed by atoms with Crippen molar-refractivity contribution >= 4 is 0 Å². The monoisotopic (exact) mass is 372 g/mol. The molecule has 1 saturated heterocycles. The second-order valence-electron chi connectivity index (χ2n) is 8.02. The molecule has 1 heterocycles. The summed E-state index contributed by atoms with van der Waals surface area (Å²) in [4.78, 5) is 0. The molecule has 0 aromatic heterocycles. The highest BCUT2D eigenvalue weighted by Crippen LogP contribution is 2.40. The molecule has 5 heteroatoms. The highest BCUT2D eigenvalue weighted by molar-refractivity contribution is 5.01. The largest absolute Gasteiger partial charge is 0.375 e. The first-order valence-electron chi connectivity index (χ1n) is 10.7. The van der Waals surface area contributed by atoms with Crippen LogP contribution in [0.5, 0.6) is 0 Å². The first-order chi connectivity index (χ1) is 12.5. The van der Waals surface area contributed by atoms with Crippen molar-refractivity contribution in [3.8, 4) is 0 Å². The SMILES string of the molecule is CCCCOC1CC(OCCCC)[C@H]2OC(C)(C)OC2C1OCCCC. The molecule has 0 bridgehead atoms. The lowest BCUT2D eigenvalue weighted by Gasteiger charge is -2.41. The molecule has 0 spiro atoms. The van der Waals surface area contributed by atoms with E-state index in [9.17, 15) is 0 Å². The van der Waals surface area contributed by atoms with Crippen molar-refractivity contribution in [2.75, 3.05) is 19.8 Å². The van der Waals surface area contributed by atoms with E-state index in [1.54, 1.807) is 0 Å². The predicted molar refractivity (Wildman–Crippen MR) is 102 cm³/mol. The third-order valence-corrected chi connectivity index (χ3v) is 5.15. The second kappa shape index (κ2) is 11.0. The van der Waals surface area contributed by atoms with E-state index in [-0.39, 0.29) is 30.5 Å². The molecule has 0 aromatic rings. The maximum Gasteiger partial charge on any atom is 0.164 e. The lowest BCUT2D eigenvalue weighted by atomic mass is 9.86. The molecule has 1 aliphatic carbocycles. The van der Waals surface area contributed by atoms with Gasteiger partial charge in [0.1, 0.15) is 18.3 Å². The van der Waals surface area contributed by atoms with Gasteiger partial charge in [-0.3, -0.25) is 0 Å². The van der Waals surface area contributed by atoms with Crippen molar-refractivity contribution < 1.29 is 23.7 Å². The van der Waals surface area contributed by atoms with E-state index >= 15 is 0 Å². The summed E-state index contributed by atoms with van der Waals surface area (Å²) >= 11 is 0. The maximum absolute atomic E-state index is 6.26. The molecule has 154 valence electrons. The summed E-state index contributed by atoms with van der Waals surface area (Å²) < 4.78 is 31.2. The van der Waals surface area contributed by atoms with Gasteiger partial charge in [-0.05, 0) is 33.1 Å². The summed E-state index contributed by atoms with van der Waals surface area (Å²) in [5, 5.41) is 0. The van der Waals surface area contributed by atoms with Crippen molar-refractivity contribution in [2.45, 2.75) is 116 Å². The molecule has 0 N–H and O–H groups in total. The molecule has 0 amide bonds. The summed E-state index contributed by atoms with van der Waals surface area (Å²) in [7, 11) is 0. The fourth-order valence-electron chi connectivity index (χ4n) is 3.72. The van der Waals surface area contributed by atoms with E-state index in [1.165, 1.54) is 0 Å². The predicted octanol–water partition coefficient (Wildman–Crippen LogP) is 4.47. The Morgan fingerprint density at radius 1 is 0.731 bits per heavy atom. The van der Waals surface area contributed by atoms with Gasteiger partial charge in [-0.2, -0.15) is 0 Å². The average molecular weight is 373 g/mol. The third-order valence-electron chi connectivity index (χ3n) is 5.15. The smallest absolute Gasteiger partial charge is 0.164 e. The number of hydrogen-bond acceptors (Lipinski definition) is 5. The quantitative estimate of drug-likeness (QED) is 0.473. The van der Waals surface area contributed by atoms with Crippen LogP contribution in [0.15, 0.2) is 0 Å².